The maximum absolute atomic E-state index is 12.1. The minimum atomic E-state index is -0.0832. The molecule has 0 unspecified atom stereocenters. The van der Waals surface area contributed by atoms with E-state index in [-0.39, 0.29) is 27.6 Å². The number of ether oxygens (including phenoxy) is 1. The summed E-state index contributed by atoms with van der Waals surface area (Å²) in [4.78, 5) is 12.1. The van der Waals surface area contributed by atoms with Crippen LogP contribution in [0.4, 0.5) is 0 Å². The van der Waals surface area contributed by atoms with Crippen molar-refractivity contribution in [1.82, 2.24) is 0 Å². The second kappa shape index (κ2) is 12.6. The Morgan fingerprint density at radius 2 is 1.08 bits per heavy atom. The summed E-state index contributed by atoms with van der Waals surface area (Å²) in [6.45, 7) is 4.97. The first-order chi connectivity index (χ1) is 18.3. The summed E-state index contributed by atoms with van der Waals surface area (Å²) >= 11 is 0. The van der Waals surface area contributed by atoms with E-state index in [1.807, 2.05) is 0 Å². The van der Waals surface area contributed by atoms with Gasteiger partial charge in [0.1, 0.15) is 0 Å². The third-order valence-corrected chi connectivity index (χ3v) is 7.83. The van der Waals surface area contributed by atoms with E-state index >= 15 is 0 Å². The molecule has 4 aliphatic carbocycles. The molecule has 4 rings (SSSR count). The lowest BCUT2D eigenvalue weighted by molar-refractivity contribution is -0.143. The molecule has 38 heavy (non-hydrogen) atoms. The zero-order chi connectivity index (χ0) is 26.8. The smallest absolute Gasteiger partial charge is 0.305 e. The fourth-order valence-electron chi connectivity index (χ4n) is 5.20. The van der Waals surface area contributed by atoms with Crippen LogP contribution < -0.4 is 0 Å². The molecule has 0 bridgehead atoms. The van der Waals surface area contributed by atoms with E-state index in [2.05, 4.69) is 135 Å². The molecule has 0 heterocycles. The van der Waals surface area contributed by atoms with Crippen molar-refractivity contribution in [2.24, 2.45) is 21.7 Å². The van der Waals surface area contributed by atoms with Gasteiger partial charge in [-0.2, -0.15) is 0 Å². The molecule has 0 N–H and O–H groups in total. The monoisotopic (exact) mass is 508 g/mol. The Labute approximate surface area is 230 Å². The third-order valence-electron chi connectivity index (χ3n) is 7.83. The Hall–Kier alpha value is -3.13. The second-order valence-electron chi connectivity index (χ2n) is 11.6. The minimum absolute atomic E-state index is 0.0256. The first-order valence-electron chi connectivity index (χ1n) is 14.4. The van der Waals surface area contributed by atoms with E-state index in [9.17, 15) is 4.79 Å². The van der Waals surface area contributed by atoms with E-state index in [0.717, 1.165) is 44.9 Å². The molecule has 2 spiro atoms. The van der Waals surface area contributed by atoms with Crippen LogP contribution in [-0.4, -0.2) is 12.6 Å². The zero-order valence-electron chi connectivity index (χ0n) is 23.2. The van der Waals surface area contributed by atoms with Crippen molar-refractivity contribution >= 4 is 5.97 Å². The molecule has 0 aromatic heterocycles. The summed E-state index contributed by atoms with van der Waals surface area (Å²) in [5.41, 5.74) is -0.157. The Morgan fingerprint density at radius 3 is 1.55 bits per heavy atom. The van der Waals surface area contributed by atoms with Crippen molar-refractivity contribution in [2.75, 3.05) is 6.61 Å². The lowest BCUT2D eigenvalue weighted by Crippen LogP contribution is -2.18. The highest BCUT2D eigenvalue weighted by Gasteiger charge is 2.27. The summed E-state index contributed by atoms with van der Waals surface area (Å²) < 4.78 is 5.44. The molecule has 2 heteroatoms. The first-order valence-corrected chi connectivity index (χ1v) is 14.4. The SMILES string of the molecule is CC1(/C=C\CCCCOC(=O)CCC/C=C\C2(C)C=CC3(C=CCC=C3)C=C2)C=CC2(C=CCC=C2)C=C1. The number of rotatable bonds is 11. The van der Waals surface area contributed by atoms with Crippen LogP contribution in [0.3, 0.4) is 0 Å². The van der Waals surface area contributed by atoms with Crippen LogP contribution in [0, 0.1) is 21.7 Å². The van der Waals surface area contributed by atoms with Crippen molar-refractivity contribution in [3.05, 3.63) is 122 Å². The van der Waals surface area contributed by atoms with Gasteiger partial charge in [0, 0.05) is 28.1 Å². The average Bonchev–Trinajstić information content (AvgIpc) is 2.93. The van der Waals surface area contributed by atoms with Gasteiger partial charge in [-0.25, -0.2) is 0 Å². The highest BCUT2D eigenvalue weighted by atomic mass is 16.5. The van der Waals surface area contributed by atoms with Gasteiger partial charge in [-0.15, -0.1) is 0 Å². The number of hydrogen-bond donors (Lipinski definition) is 0. The first kappa shape index (κ1) is 27.9. The fourth-order valence-corrected chi connectivity index (χ4v) is 5.20. The molecule has 0 fully saturated rings. The van der Waals surface area contributed by atoms with Crippen molar-refractivity contribution < 1.29 is 9.53 Å². The average molecular weight is 509 g/mol. The summed E-state index contributed by atoms with van der Waals surface area (Å²) in [6, 6.07) is 0. The Morgan fingerprint density at radius 1 is 0.632 bits per heavy atom. The number of carbonyl (C=O) groups is 1. The van der Waals surface area contributed by atoms with Crippen molar-refractivity contribution in [3.63, 3.8) is 0 Å². The summed E-state index contributed by atoms with van der Waals surface area (Å²) in [5, 5.41) is 0. The predicted molar refractivity (Wildman–Crippen MR) is 160 cm³/mol. The quantitative estimate of drug-likeness (QED) is 0.158. The molecule has 0 aromatic rings. The van der Waals surface area contributed by atoms with E-state index in [1.165, 1.54) is 0 Å². The molecular formula is C36H44O2. The Balaban J connectivity index is 1.05. The minimum Gasteiger partial charge on any atom is -0.466 e. The van der Waals surface area contributed by atoms with Gasteiger partial charge in [-0.1, -0.05) is 122 Å². The van der Waals surface area contributed by atoms with Crippen LogP contribution in [-0.2, 0) is 9.53 Å². The number of carbonyl (C=O) groups excluding carboxylic acids is 1. The zero-order valence-corrected chi connectivity index (χ0v) is 23.2. The van der Waals surface area contributed by atoms with Crippen LogP contribution in [0.5, 0.6) is 0 Å². The summed E-state index contributed by atoms with van der Waals surface area (Å²) in [7, 11) is 0. The Kier molecular flexibility index (Phi) is 9.26. The van der Waals surface area contributed by atoms with Gasteiger partial charge in [-0.3, -0.25) is 4.79 Å². The molecule has 0 amide bonds. The van der Waals surface area contributed by atoms with Crippen LogP contribution in [0.2, 0.25) is 0 Å². The third kappa shape index (κ3) is 7.93. The Bertz CT molecular complexity index is 1070. The molecule has 4 aliphatic rings. The maximum atomic E-state index is 12.1. The molecule has 0 atom stereocenters. The van der Waals surface area contributed by atoms with Crippen LogP contribution in [0.25, 0.3) is 0 Å². The van der Waals surface area contributed by atoms with E-state index in [4.69, 9.17) is 4.74 Å². The molecule has 0 radical (unpaired) electrons. The lowest BCUT2D eigenvalue weighted by atomic mass is 9.74. The van der Waals surface area contributed by atoms with Gasteiger partial charge in [0.2, 0.25) is 0 Å². The van der Waals surface area contributed by atoms with Gasteiger partial charge in [0.05, 0.1) is 6.61 Å². The normalized spacial score (nSPS) is 25.4. The number of esters is 1. The van der Waals surface area contributed by atoms with Gasteiger partial charge in [0.25, 0.3) is 0 Å². The number of hydrogen-bond acceptors (Lipinski definition) is 2. The predicted octanol–water partition coefficient (Wildman–Crippen LogP) is 9.25. The molecule has 0 aliphatic heterocycles. The largest absolute Gasteiger partial charge is 0.466 e. The lowest BCUT2D eigenvalue weighted by Gasteiger charge is -2.30. The maximum Gasteiger partial charge on any atom is 0.305 e. The van der Waals surface area contributed by atoms with Crippen molar-refractivity contribution in [2.45, 2.75) is 65.2 Å². The van der Waals surface area contributed by atoms with E-state index < -0.39 is 0 Å². The van der Waals surface area contributed by atoms with Crippen LogP contribution in [0.1, 0.15) is 65.2 Å². The van der Waals surface area contributed by atoms with Crippen LogP contribution >= 0.6 is 0 Å². The summed E-state index contributed by atoms with van der Waals surface area (Å²) in [6.07, 6.45) is 52.4. The van der Waals surface area contributed by atoms with Gasteiger partial charge >= 0.3 is 5.97 Å². The van der Waals surface area contributed by atoms with Crippen LogP contribution in [0.15, 0.2) is 122 Å². The van der Waals surface area contributed by atoms with Gasteiger partial charge < -0.3 is 4.74 Å². The van der Waals surface area contributed by atoms with Gasteiger partial charge in [-0.05, 0) is 58.8 Å². The molecule has 0 saturated carbocycles. The van der Waals surface area contributed by atoms with Crippen molar-refractivity contribution in [1.29, 1.82) is 0 Å². The highest BCUT2D eigenvalue weighted by molar-refractivity contribution is 5.69. The topological polar surface area (TPSA) is 26.3 Å². The van der Waals surface area contributed by atoms with E-state index in [1.54, 1.807) is 0 Å². The number of unbranched alkanes of at least 4 members (excludes halogenated alkanes) is 3. The molecular weight excluding hydrogens is 464 g/mol. The second-order valence-corrected chi connectivity index (χ2v) is 11.6. The summed E-state index contributed by atoms with van der Waals surface area (Å²) in [5.74, 6) is -0.0832. The molecule has 200 valence electrons. The van der Waals surface area contributed by atoms with Gasteiger partial charge in [0.15, 0.2) is 0 Å². The molecule has 0 aromatic carbocycles. The van der Waals surface area contributed by atoms with E-state index in [0.29, 0.717) is 13.0 Å². The van der Waals surface area contributed by atoms with Crippen molar-refractivity contribution in [3.8, 4) is 0 Å². The molecule has 0 saturated heterocycles. The molecule has 2 nitrogen and oxygen atoms in total. The standard InChI is InChI=1S/C36H44O2/c1-33(23-27-35(28-24-33)19-11-6-12-20-35)17-9-3-4-15-31-38-32(37)16-8-5-10-18-34(2)25-29-36(30-26-34)21-13-7-14-22-36/h9-14,17-30H,3-8,15-16,31H2,1-2H3/b17-9-,18-10-. The highest BCUT2D eigenvalue weighted by Crippen LogP contribution is 2.39. The fraction of sp³-hybridized carbons (Fsp3) is 0.417. The number of allylic oxidation sites excluding steroid dienone is 20.